The smallest absolute Gasteiger partial charge is 0.265 e. The number of hydrogen-bond donors (Lipinski definition) is 1. The molecule has 0 saturated carbocycles. The van der Waals surface area contributed by atoms with Gasteiger partial charge in [0, 0.05) is 17.9 Å². The first kappa shape index (κ1) is 15.4. The summed E-state index contributed by atoms with van der Waals surface area (Å²) in [6.45, 7) is 1.53. The van der Waals surface area contributed by atoms with E-state index in [0.29, 0.717) is 24.0 Å². The number of hydrogen-bond acceptors (Lipinski definition) is 4. The molecule has 0 aromatic heterocycles. The van der Waals surface area contributed by atoms with E-state index in [1.165, 1.54) is 0 Å². The highest BCUT2D eigenvalue weighted by Crippen LogP contribution is 2.29. The first-order valence-corrected chi connectivity index (χ1v) is 6.27. The zero-order valence-electron chi connectivity index (χ0n) is 9.44. The Balaban J connectivity index is 3.77. The molecule has 0 aliphatic carbocycles. The topological polar surface area (TPSA) is 118 Å². The Kier molecular flexibility index (Phi) is 6.59. The van der Waals surface area contributed by atoms with Crippen LogP contribution in [0.3, 0.4) is 0 Å². The van der Waals surface area contributed by atoms with Crippen molar-refractivity contribution in [2.24, 2.45) is 5.11 Å². The van der Waals surface area contributed by atoms with Crippen LogP contribution in [-0.2, 0) is 9.09 Å². The lowest BCUT2D eigenvalue weighted by Gasteiger charge is -2.30. The molecule has 0 fully saturated rings. The van der Waals surface area contributed by atoms with Crippen LogP contribution in [0.2, 0.25) is 0 Å². The van der Waals surface area contributed by atoms with Gasteiger partial charge in [-0.05, 0) is 5.53 Å². The second-order valence-corrected chi connectivity index (χ2v) is 5.19. The first-order chi connectivity index (χ1) is 7.27. The van der Waals surface area contributed by atoms with Gasteiger partial charge in [0.05, 0.1) is 20.6 Å². The number of phosphoric ester groups is 1. The van der Waals surface area contributed by atoms with Gasteiger partial charge in [-0.3, -0.25) is 4.57 Å². The minimum Gasteiger partial charge on any atom is -0.756 e. The van der Waals surface area contributed by atoms with Crippen molar-refractivity contribution < 1.29 is 23.4 Å². The van der Waals surface area contributed by atoms with Gasteiger partial charge in [0.25, 0.3) is 7.82 Å². The lowest BCUT2D eigenvalue weighted by atomic mass is 10.3. The molecule has 0 radical (unpaired) electrons. The maximum atomic E-state index is 10.3. The molecule has 1 N–H and O–H groups in total. The summed E-state index contributed by atoms with van der Waals surface area (Å²) in [7, 11) is -0.824. The van der Waals surface area contributed by atoms with Gasteiger partial charge in [0.2, 0.25) is 0 Å². The summed E-state index contributed by atoms with van der Waals surface area (Å²) in [5.74, 6) is 0. The van der Waals surface area contributed by atoms with Gasteiger partial charge >= 0.3 is 0 Å². The Bertz CT molecular complexity index is 297. The molecule has 0 spiro atoms. The number of nitrogens with zero attached hydrogens (tertiary/aromatic N) is 4. The highest BCUT2D eigenvalue weighted by molar-refractivity contribution is 7.44. The zero-order chi connectivity index (χ0) is 12.7. The molecule has 0 aliphatic rings. The molecule has 0 aromatic rings. The zero-order valence-corrected chi connectivity index (χ0v) is 10.3. The predicted octanol–water partition coefficient (Wildman–Crippen LogP) is 0.240. The SMILES string of the molecule is C[N+](C)(CCCN=[N+]=[N-])CCOP(=O)([O-])O. The highest BCUT2D eigenvalue weighted by Gasteiger charge is 2.15. The summed E-state index contributed by atoms with van der Waals surface area (Å²) in [4.78, 5) is 21.3. The number of phosphoric acid groups is 1. The molecule has 8 nitrogen and oxygen atoms in total. The van der Waals surface area contributed by atoms with Gasteiger partial charge in [-0.15, -0.1) is 0 Å². The van der Waals surface area contributed by atoms with Crippen LogP contribution in [0.25, 0.3) is 10.4 Å². The lowest BCUT2D eigenvalue weighted by Crippen LogP contribution is -2.43. The summed E-state index contributed by atoms with van der Waals surface area (Å²) in [5, 5.41) is 3.40. The van der Waals surface area contributed by atoms with E-state index in [2.05, 4.69) is 14.5 Å². The Morgan fingerprint density at radius 1 is 1.56 bits per heavy atom. The predicted molar refractivity (Wildman–Crippen MR) is 56.2 cm³/mol. The molecule has 0 bridgehead atoms. The van der Waals surface area contributed by atoms with Crippen LogP contribution in [0, 0.1) is 0 Å². The van der Waals surface area contributed by atoms with Crippen molar-refractivity contribution in [3.8, 4) is 0 Å². The highest BCUT2D eigenvalue weighted by atomic mass is 31.2. The Labute approximate surface area is 94.3 Å². The summed E-state index contributed by atoms with van der Waals surface area (Å²) in [6.07, 6.45) is 0.714. The summed E-state index contributed by atoms with van der Waals surface area (Å²) in [5.41, 5.74) is 8.07. The van der Waals surface area contributed by atoms with E-state index in [4.69, 9.17) is 10.4 Å². The van der Waals surface area contributed by atoms with Crippen LogP contribution < -0.4 is 4.89 Å². The molecular formula is C7H17N4O4P. The minimum atomic E-state index is -4.61. The van der Waals surface area contributed by atoms with E-state index < -0.39 is 7.82 Å². The minimum absolute atomic E-state index is 0.0637. The van der Waals surface area contributed by atoms with Crippen LogP contribution in [0.5, 0.6) is 0 Å². The third kappa shape index (κ3) is 9.92. The molecular weight excluding hydrogens is 235 g/mol. The van der Waals surface area contributed by atoms with Crippen LogP contribution in [0.15, 0.2) is 5.11 Å². The molecule has 0 aromatic carbocycles. The molecule has 0 amide bonds. The molecule has 0 aliphatic heterocycles. The second-order valence-electron chi connectivity index (χ2n) is 3.99. The van der Waals surface area contributed by atoms with Crippen molar-refractivity contribution >= 4 is 7.82 Å². The van der Waals surface area contributed by atoms with Gasteiger partial charge in [0.15, 0.2) is 0 Å². The van der Waals surface area contributed by atoms with Crippen molar-refractivity contribution in [1.29, 1.82) is 0 Å². The number of rotatable bonds is 8. The van der Waals surface area contributed by atoms with E-state index in [1.54, 1.807) is 0 Å². The van der Waals surface area contributed by atoms with Crippen molar-refractivity contribution in [1.82, 2.24) is 0 Å². The third-order valence-electron chi connectivity index (χ3n) is 2.04. The average Bonchev–Trinajstić information content (AvgIpc) is 2.10. The summed E-state index contributed by atoms with van der Waals surface area (Å²) < 4.78 is 15.1. The first-order valence-electron chi connectivity index (χ1n) is 4.78. The van der Waals surface area contributed by atoms with Crippen LogP contribution in [-0.4, -0.2) is 49.7 Å². The van der Waals surface area contributed by atoms with Crippen molar-refractivity contribution in [3.63, 3.8) is 0 Å². The van der Waals surface area contributed by atoms with Crippen LogP contribution in [0.1, 0.15) is 6.42 Å². The van der Waals surface area contributed by atoms with Crippen molar-refractivity contribution in [2.45, 2.75) is 6.42 Å². The van der Waals surface area contributed by atoms with Gasteiger partial charge < -0.3 is 18.8 Å². The maximum Gasteiger partial charge on any atom is 0.265 e. The Morgan fingerprint density at radius 2 is 2.19 bits per heavy atom. The van der Waals surface area contributed by atoms with E-state index >= 15 is 0 Å². The molecule has 1 unspecified atom stereocenters. The lowest BCUT2D eigenvalue weighted by molar-refractivity contribution is -0.890. The normalized spacial score (nSPS) is 15.2. The summed E-state index contributed by atoms with van der Waals surface area (Å²) >= 11 is 0. The fourth-order valence-corrected chi connectivity index (χ4v) is 1.44. The fourth-order valence-electron chi connectivity index (χ4n) is 1.13. The van der Waals surface area contributed by atoms with Crippen LogP contribution >= 0.6 is 7.82 Å². The Morgan fingerprint density at radius 3 is 2.69 bits per heavy atom. The molecule has 0 rings (SSSR count). The Hall–Kier alpha value is -0.620. The number of quaternary nitrogens is 1. The quantitative estimate of drug-likeness (QED) is 0.166. The molecule has 1 atom stereocenters. The van der Waals surface area contributed by atoms with E-state index in [1.807, 2.05) is 14.1 Å². The number of likely N-dealkylation sites (N-methyl/N-ethyl adjacent to an activating group) is 1. The van der Waals surface area contributed by atoms with Gasteiger partial charge in [0.1, 0.15) is 13.2 Å². The van der Waals surface area contributed by atoms with E-state index in [9.17, 15) is 9.46 Å². The van der Waals surface area contributed by atoms with Crippen LogP contribution in [0.4, 0.5) is 0 Å². The molecule has 0 heterocycles. The standard InChI is InChI=1S/C7H17N4O4P/c1-11(2,5-3-4-9-10-8)6-7-15-16(12,13)14/h3-7H2,1-2H3,(H-,12,13,14). The third-order valence-corrected chi connectivity index (χ3v) is 2.54. The number of azide groups is 1. The largest absolute Gasteiger partial charge is 0.756 e. The van der Waals surface area contributed by atoms with Crippen molar-refractivity contribution in [2.75, 3.05) is 40.3 Å². The van der Waals surface area contributed by atoms with Crippen molar-refractivity contribution in [3.05, 3.63) is 10.4 Å². The molecule has 94 valence electrons. The fraction of sp³-hybridized carbons (Fsp3) is 1.00. The molecule has 16 heavy (non-hydrogen) atoms. The second kappa shape index (κ2) is 6.85. The monoisotopic (exact) mass is 252 g/mol. The van der Waals surface area contributed by atoms with Gasteiger partial charge in [-0.1, -0.05) is 5.11 Å². The van der Waals surface area contributed by atoms with E-state index in [-0.39, 0.29) is 6.61 Å². The average molecular weight is 252 g/mol. The van der Waals surface area contributed by atoms with Gasteiger partial charge in [-0.25, -0.2) is 0 Å². The van der Waals surface area contributed by atoms with Gasteiger partial charge in [-0.2, -0.15) is 0 Å². The van der Waals surface area contributed by atoms with E-state index in [0.717, 1.165) is 6.54 Å². The molecule has 0 saturated heterocycles. The summed E-state index contributed by atoms with van der Waals surface area (Å²) in [6, 6.07) is 0. The maximum absolute atomic E-state index is 10.3. The molecule has 9 heteroatoms.